The molecule has 1 atom stereocenters. The number of benzene rings is 2. The molecule has 0 aliphatic carbocycles. The van der Waals surface area contributed by atoms with Gasteiger partial charge in [-0.05, 0) is 47.6 Å². The summed E-state index contributed by atoms with van der Waals surface area (Å²) in [5, 5.41) is 10.1. The Morgan fingerprint density at radius 3 is 2.39 bits per heavy atom. The first-order valence-electron chi connectivity index (χ1n) is 12.5. The Kier molecular flexibility index (Phi) is 6.96. The lowest BCUT2D eigenvalue weighted by Crippen LogP contribution is -2.50. The molecule has 1 aromatic heterocycles. The number of nitrogens with zero attached hydrogens (tertiary/aromatic N) is 2. The summed E-state index contributed by atoms with van der Waals surface area (Å²) in [5.41, 5.74) is 0.862. The van der Waals surface area contributed by atoms with Crippen molar-refractivity contribution in [1.82, 2.24) is 15.1 Å². The van der Waals surface area contributed by atoms with Crippen LogP contribution in [-0.2, 0) is 16.0 Å². The molecule has 2 aliphatic heterocycles. The number of fused-ring (bicyclic) bond motifs is 1. The average molecular weight is 505 g/mol. The molecule has 1 spiro atoms. The highest BCUT2D eigenvalue weighted by Crippen LogP contribution is 2.41. The quantitative estimate of drug-likeness (QED) is 0.537. The molecule has 0 saturated carbocycles. The molecule has 5 rings (SSSR count). The van der Waals surface area contributed by atoms with Gasteiger partial charge >= 0.3 is 6.03 Å². The zero-order valence-corrected chi connectivity index (χ0v) is 21.4. The van der Waals surface area contributed by atoms with Gasteiger partial charge in [0.05, 0.1) is 5.69 Å². The van der Waals surface area contributed by atoms with Crippen LogP contribution in [0.2, 0.25) is 0 Å². The first-order valence-corrected chi connectivity index (χ1v) is 13.4. The summed E-state index contributed by atoms with van der Waals surface area (Å²) in [4.78, 5) is 43.1. The number of urea groups is 1. The number of thiophene rings is 1. The molecule has 188 valence electrons. The number of carbonyl (C=O) groups is 3. The monoisotopic (exact) mass is 504 g/mol. The topological polar surface area (TPSA) is 81.8 Å². The molecule has 2 fully saturated rings. The highest BCUT2D eigenvalue weighted by Gasteiger charge is 2.44. The van der Waals surface area contributed by atoms with Crippen molar-refractivity contribution < 1.29 is 14.4 Å². The SMILES string of the molecule is CC(=O)NC(Cc1cccs1)C(=O)N1CCC2(CCN(C(=O)Nc3cccc4ccccc34)CC2)C1. The van der Waals surface area contributed by atoms with Crippen LogP contribution in [0.15, 0.2) is 60.0 Å². The van der Waals surface area contributed by atoms with Crippen LogP contribution in [0.4, 0.5) is 10.5 Å². The molecule has 1 unspecified atom stereocenters. The number of anilines is 1. The highest BCUT2D eigenvalue weighted by molar-refractivity contribution is 7.09. The molecule has 3 heterocycles. The lowest BCUT2D eigenvalue weighted by Gasteiger charge is -2.39. The predicted molar refractivity (Wildman–Crippen MR) is 143 cm³/mol. The third kappa shape index (κ3) is 5.23. The van der Waals surface area contributed by atoms with E-state index in [0.717, 1.165) is 40.6 Å². The van der Waals surface area contributed by atoms with E-state index in [-0.39, 0.29) is 23.3 Å². The number of nitrogens with one attached hydrogen (secondary N) is 2. The maximum absolute atomic E-state index is 13.4. The van der Waals surface area contributed by atoms with Gasteiger partial charge in [-0.15, -0.1) is 11.3 Å². The van der Waals surface area contributed by atoms with E-state index in [9.17, 15) is 14.4 Å². The molecule has 3 aromatic rings. The molecule has 7 nitrogen and oxygen atoms in total. The second-order valence-electron chi connectivity index (χ2n) is 9.99. The Balaban J connectivity index is 1.18. The minimum Gasteiger partial charge on any atom is -0.344 e. The van der Waals surface area contributed by atoms with Crippen LogP contribution in [0.25, 0.3) is 10.8 Å². The van der Waals surface area contributed by atoms with Crippen molar-refractivity contribution in [1.29, 1.82) is 0 Å². The normalized spacial score (nSPS) is 17.8. The van der Waals surface area contributed by atoms with E-state index in [2.05, 4.69) is 10.6 Å². The van der Waals surface area contributed by atoms with E-state index >= 15 is 0 Å². The number of hydrogen-bond donors (Lipinski definition) is 2. The van der Waals surface area contributed by atoms with E-state index in [1.807, 2.05) is 69.8 Å². The van der Waals surface area contributed by atoms with Crippen molar-refractivity contribution in [2.45, 2.75) is 38.6 Å². The van der Waals surface area contributed by atoms with Gasteiger partial charge in [-0.1, -0.05) is 42.5 Å². The Morgan fingerprint density at radius 1 is 0.944 bits per heavy atom. The molecule has 2 saturated heterocycles. The van der Waals surface area contributed by atoms with E-state index < -0.39 is 6.04 Å². The maximum Gasteiger partial charge on any atom is 0.321 e. The molecule has 8 heteroatoms. The van der Waals surface area contributed by atoms with Gasteiger partial charge in [-0.3, -0.25) is 9.59 Å². The summed E-state index contributed by atoms with van der Waals surface area (Å²) in [6.45, 7) is 4.18. The van der Waals surface area contributed by atoms with Crippen LogP contribution in [0.1, 0.15) is 31.1 Å². The third-order valence-electron chi connectivity index (χ3n) is 7.55. The molecule has 0 radical (unpaired) electrons. The van der Waals surface area contributed by atoms with Crippen LogP contribution >= 0.6 is 11.3 Å². The van der Waals surface area contributed by atoms with Gasteiger partial charge in [0.1, 0.15) is 6.04 Å². The van der Waals surface area contributed by atoms with Crippen LogP contribution in [-0.4, -0.2) is 59.9 Å². The molecule has 36 heavy (non-hydrogen) atoms. The number of likely N-dealkylation sites (tertiary alicyclic amines) is 2. The van der Waals surface area contributed by atoms with E-state index in [0.29, 0.717) is 32.6 Å². The predicted octanol–water partition coefficient (Wildman–Crippen LogP) is 4.50. The summed E-state index contributed by atoms with van der Waals surface area (Å²) in [6, 6.07) is 17.3. The van der Waals surface area contributed by atoms with Crippen molar-refractivity contribution in [3.05, 3.63) is 64.9 Å². The van der Waals surface area contributed by atoms with Gasteiger partial charge in [-0.25, -0.2) is 4.79 Å². The van der Waals surface area contributed by atoms with Gasteiger partial charge in [0, 0.05) is 49.8 Å². The van der Waals surface area contributed by atoms with Crippen molar-refractivity contribution >= 4 is 45.6 Å². The van der Waals surface area contributed by atoms with Crippen molar-refractivity contribution in [3.8, 4) is 0 Å². The number of carbonyl (C=O) groups excluding carboxylic acids is 3. The maximum atomic E-state index is 13.4. The Hall–Kier alpha value is -3.39. The second kappa shape index (κ2) is 10.3. The van der Waals surface area contributed by atoms with E-state index in [1.165, 1.54) is 6.92 Å². The summed E-state index contributed by atoms with van der Waals surface area (Å²) in [6.07, 6.45) is 3.19. The fourth-order valence-corrected chi connectivity index (χ4v) is 6.29. The number of rotatable bonds is 5. The minimum absolute atomic E-state index is 0.00777. The van der Waals surface area contributed by atoms with Crippen molar-refractivity contribution in [2.24, 2.45) is 5.41 Å². The first-order chi connectivity index (χ1) is 17.4. The van der Waals surface area contributed by atoms with Crippen molar-refractivity contribution in [3.63, 3.8) is 0 Å². The van der Waals surface area contributed by atoms with Crippen LogP contribution in [0, 0.1) is 5.41 Å². The number of hydrogen-bond acceptors (Lipinski definition) is 4. The van der Waals surface area contributed by atoms with Crippen LogP contribution in [0.3, 0.4) is 0 Å². The molecule has 2 N–H and O–H groups in total. The standard InChI is InChI=1S/C28H32N4O3S/c1-20(33)29-25(18-22-8-5-17-36-22)26(34)32-16-13-28(19-32)11-14-31(15-12-28)27(35)30-24-10-4-7-21-6-2-3-9-23(21)24/h2-10,17,25H,11-16,18-19H2,1H3,(H,29,33)(H,30,35). The largest absolute Gasteiger partial charge is 0.344 e. The highest BCUT2D eigenvalue weighted by atomic mass is 32.1. The second-order valence-corrected chi connectivity index (χ2v) is 11.0. The van der Waals surface area contributed by atoms with Gasteiger partial charge in [0.2, 0.25) is 11.8 Å². The summed E-state index contributed by atoms with van der Waals surface area (Å²) in [7, 11) is 0. The zero-order chi connectivity index (χ0) is 25.1. The Labute approximate surface area is 215 Å². The molecular weight excluding hydrogens is 472 g/mol. The van der Waals surface area contributed by atoms with Gasteiger partial charge in [0.25, 0.3) is 0 Å². The van der Waals surface area contributed by atoms with Crippen LogP contribution in [0.5, 0.6) is 0 Å². The number of piperidine rings is 1. The van der Waals surface area contributed by atoms with Gasteiger partial charge in [0.15, 0.2) is 0 Å². The minimum atomic E-state index is -0.539. The lowest BCUT2D eigenvalue weighted by atomic mass is 9.78. The van der Waals surface area contributed by atoms with Crippen molar-refractivity contribution in [2.75, 3.05) is 31.5 Å². The Morgan fingerprint density at radius 2 is 1.67 bits per heavy atom. The molecular formula is C28H32N4O3S. The number of amides is 4. The summed E-state index contributed by atoms with van der Waals surface area (Å²) >= 11 is 1.60. The fourth-order valence-electron chi connectivity index (χ4n) is 5.54. The summed E-state index contributed by atoms with van der Waals surface area (Å²) in [5.74, 6) is -0.198. The van der Waals surface area contributed by atoms with E-state index in [4.69, 9.17) is 0 Å². The zero-order valence-electron chi connectivity index (χ0n) is 20.5. The van der Waals surface area contributed by atoms with Gasteiger partial charge in [-0.2, -0.15) is 0 Å². The van der Waals surface area contributed by atoms with Crippen LogP contribution < -0.4 is 10.6 Å². The first kappa shape index (κ1) is 24.3. The smallest absolute Gasteiger partial charge is 0.321 e. The average Bonchev–Trinajstić information content (AvgIpc) is 3.54. The van der Waals surface area contributed by atoms with E-state index in [1.54, 1.807) is 11.3 Å². The molecule has 0 bridgehead atoms. The fraction of sp³-hybridized carbons (Fsp3) is 0.393. The van der Waals surface area contributed by atoms with Gasteiger partial charge < -0.3 is 20.4 Å². The molecule has 2 aliphatic rings. The third-order valence-corrected chi connectivity index (χ3v) is 8.45. The lowest BCUT2D eigenvalue weighted by molar-refractivity contribution is -0.135. The Bertz CT molecular complexity index is 1250. The molecule has 4 amide bonds. The summed E-state index contributed by atoms with van der Waals surface area (Å²) < 4.78 is 0. The molecule has 2 aromatic carbocycles.